The fourth-order valence-electron chi connectivity index (χ4n) is 6.03. The van der Waals surface area contributed by atoms with Gasteiger partial charge in [-0.3, -0.25) is 5.41 Å². The number of hydrogen-bond donors (Lipinski definition) is 2. The van der Waals surface area contributed by atoms with Crippen molar-refractivity contribution in [2.45, 2.75) is 83.6 Å². The van der Waals surface area contributed by atoms with Crippen molar-refractivity contribution < 1.29 is 0 Å². The van der Waals surface area contributed by atoms with E-state index in [2.05, 4.69) is 52.0 Å². The molecule has 2 aliphatic rings. The van der Waals surface area contributed by atoms with Gasteiger partial charge in [0.25, 0.3) is 0 Å². The van der Waals surface area contributed by atoms with Crippen LogP contribution < -0.4 is 10.4 Å². The zero-order chi connectivity index (χ0) is 29.5. The number of thiophene rings is 1. The van der Waals surface area contributed by atoms with Crippen LogP contribution in [0, 0.1) is 29.1 Å². The van der Waals surface area contributed by atoms with Crippen LogP contribution in [-0.2, 0) is 12.8 Å². The zero-order valence-corrected chi connectivity index (χ0v) is 26.3. The Kier molecular flexibility index (Phi) is 10.6. The average Bonchev–Trinajstić information content (AvgIpc) is 3.54. The highest BCUT2D eigenvalue weighted by molar-refractivity contribution is 7.43. The summed E-state index contributed by atoms with van der Waals surface area (Å²) in [5, 5.41) is 19.3. The van der Waals surface area contributed by atoms with E-state index >= 15 is 0 Å². The minimum absolute atomic E-state index is 0.122. The first-order chi connectivity index (χ1) is 19.8. The molecular formula is C32H40N7PS. The van der Waals surface area contributed by atoms with Gasteiger partial charge in [0.2, 0.25) is 0 Å². The van der Waals surface area contributed by atoms with Gasteiger partial charge in [-0.2, -0.15) is 5.26 Å². The highest BCUT2D eigenvalue weighted by atomic mass is 32.1. The molecule has 0 aromatic carbocycles. The SMILES string of the molecule is C#C/C(N)=C/C=Nc1cc(CC[C@@H]2CCCN2C)nc(C(=N)/C(CCC)=C(\C)[C@H]2CCCc3sc(P)c(C#N)c32)n1. The molecule has 1 aliphatic heterocycles. The summed E-state index contributed by atoms with van der Waals surface area (Å²) < 4.78 is 1.01. The molecule has 3 heterocycles. The van der Waals surface area contributed by atoms with Gasteiger partial charge in [-0.15, -0.1) is 17.8 Å². The van der Waals surface area contributed by atoms with Gasteiger partial charge < -0.3 is 10.6 Å². The zero-order valence-electron chi connectivity index (χ0n) is 24.3. The van der Waals surface area contributed by atoms with Crippen molar-refractivity contribution in [1.29, 1.82) is 10.7 Å². The lowest BCUT2D eigenvalue weighted by molar-refractivity contribution is 0.296. The van der Waals surface area contributed by atoms with Crippen LogP contribution in [0.2, 0.25) is 0 Å². The van der Waals surface area contributed by atoms with Crippen molar-refractivity contribution in [3.8, 4) is 18.4 Å². The van der Waals surface area contributed by atoms with Crippen LogP contribution >= 0.6 is 20.6 Å². The number of aromatic nitrogens is 2. The Morgan fingerprint density at radius 2 is 2.17 bits per heavy atom. The van der Waals surface area contributed by atoms with Crippen molar-refractivity contribution in [1.82, 2.24) is 14.9 Å². The molecule has 0 radical (unpaired) electrons. The molecule has 2 aromatic rings. The van der Waals surface area contributed by atoms with Gasteiger partial charge in [-0.05, 0) is 89.1 Å². The van der Waals surface area contributed by atoms with E-state index in [4.69, 9.17) is 22.1 Å². The number of hydrogen-bond acceptors (Lipinski definition) is 8. The fraction of sp³-hybridized carbons (Fsp3) is 0.469. The number of rotatable bonds is 10. The first kappa shape index (κ1) is 30.8. The molecule has 0 amide bonds. The van der Waals surface area contributed by atoms with E-state index in [-0.39, 0.29) is 11.6 Å². The molecule has 7 nitrogen and oxygen atoms in total. The maximum atomic E-state index is 9.95. The molecule has 4 rings (SSSR count). The molecule has 1 saturated heterocycles. The first-order valence-electron chi connectivity index (χ1n) is 14.4. The summed E-state index contributed by atoms with van der Waals surface area (Å²) in [6.45, 7) is 5.39. The van der Waals surface area contributed by atoms with E-state index in [1.165, 1.54) is 17.7 Å². The van der Waals surface area contributed by atoms with Gasteiger partial charge in [-0.25, -0.2) is 15.0 Å². The summed E-state index contributed by atoms with van der Waals surface area (Å²) in [5.74, 6) is 3.38. The summed E-state index contributed by atoms with van der Waals surface area (Å²) in [4.78, 5) is 17.8. The largest absolute Gasteiger partial charge is 0.392 e. The van der Waals surface area contributed by atoms with Crippen LogP contribution in [0.5, 0.6) is 0 Å². The lowest BCUT2D eigenvalue weighted by Crippen LogP contribution is -2.25. The summed E-state index contributed by atoms with van der Waals surface area (Å²) in [5.41, 5.74) is 11.3. The summed E-state index contributed by atoms with van der Waals surface area (Å²) >= 11 is 1.72. The van der Waals surface area contributed by atoms with Crippen LogP contribution in [0.4, 0.5) is 5.82 Å². The van der Waals surface area contributed by atoms with Crippen LogP contribution in [0.25, 0.3) is 0 Å². The highest BCUT2D eigenvalue weighted by Gasteiger charge is 2.30. The second kappa shape index (κ2) is 14.1. The van der Waals surface area contributed by atoms with E-state index in [0.29, 0.717) is 23.4 Å². The third kappa shape index (κ3) is 7.19. The van der Waals surface area contributed by atoms with Crippen LogP contribution in [-0.4, -0.2) is 46.4 Å². The van der Waals surface area contributed by atoms with Crippen molar-refractivity contribution >= 4 is 42.9 Å². The highest BCUT2D eigenvalue weighted by Crippen LogP contribution is 2.43. The second-order valence-electron chi connectivity index (χ2n) is 10.9. The quantitative estimate of drug-likeness (QED) is 0.210. The van der Waals surface area contributed by atoms with Crippen molar-refractivity contribution in [2.24, 2.45) is 10.7 Å². The Bertz CT molecular complexity index is 1470. The summed E-state index contributed by atoms with van der Waals surface area (Å²) in [6, 6.07) is 4.89. The van der Waals surface area contributed by atoms with Crippen molar-refractivity contribution in [3.05, 3.63) is 56.5 Å². The van der Waals surface area contributed by atoms with Crippen molar-refractivity contribution in [3.63, 3.8) is 0 Å². The Hall–Kier alpha value is -3.16. The number of nitrogens with one attached hydrogen (secondary N) is 1. The topological polar surface area (TPSA) is 115 Å². The number of nitrogens with two attached hydrogens (primary N) is 1. The molecule has 214 valence electrons. The minimum atomic E-state index is 0.122. The molecule has 0 bridgehead atoms. The number of aliphatic imine (C=N–C) groups is 1. The molecule has 9 heteroatoms. The molecule has 1 fully saturated rings. The third-order valence-electron chi connectivity index (χ3n) is 8.23. The molecule has 1 unspecified atom stereocenters. The Labute approximate surface area is 250 Å². The lowest BCUT2D eigenvalue weighted by atomic mass is 9.78. The van der Waals surface area contributed by atoms with Gasteiger partial charge in [0.05, 0.1) is 11.3 Å². The standard InChI is InChI=1S/C32H40N7PS/c1-5-9-25(20(3)24-11-7-12-27-29(24)26(19-33)32(40)41-27)30(35)31-37-22(13-14-23-10-8-17-39(23)4)18-28(38-31)36-16-15-21(34)6-2/h2,15-16,18,23-24,35H,5,7-14,17,34,40H2,1,3-4H3/b21-15-,25-20+,35-30?,36-16?/t23-,24+/m0/s1. The van der Waals surface area contributed by atoms with Crippen LogP contribution in [0.3, 0.4) is 0 Å². The number of nitriles is 1. The molecule has 0 spiro atoms. The van der Waals surface area contributed by atoms with E-state index in [9.17, 15) is 10.7 Å². The fourth-order valence-corrected chi connectivity index (χ4v) is 7.80. The molecule has 3 atom stereocenters. The van der Waals surface area contributed by atoms with Crippen LogP contribution in [0.15, 0.2) is 34.0 Å². The van der Waals surface area contributed by atoms with Gasteiger partial charge in [0.15, 0.2) is 11.6 Å². The van der Waals surface area contributed by atoms with E-state index in [0.717, 1.165) is 84.1 Å². The molecule has 0 saturated carbocycles. The Morgan fingerprint density at radius 1 is 1.37 bits per heavy atom. The van der Waals surface area contributed by atoms with Crippen molar-refractivity contribution in [2.75, 3.05) is 13.6 Å². The number of terminal acetylenes is 1. The molecular weight excluding hydrogens is 545 g/mol. The number of nitrogens with zero attached hydrogens (tertiary/aromatic N) is 5. The predicted octanol–water partition coefficient (Wildman–Crippen LogP) is 5.72. The summed E-state index contributed by atoms with van der Waals surface area (Å²) in [6.07, 6.45) is 17.4. The first-order valence-corrected chi connectivity index (χ1v) is 15.8. The molecule has 1 aliphatic carbocycles. The number of likely N-dealkylation sites (tertiary alicyclic amines) is 1. The smallest absolute Gasteiger partial charge is 0.180 e. The maximum Gasteiger partial charge on any atom is 0.180 e. The third-order valence-corrected chi connectivity index (χ3v) is 9.97. The Morgan fingerprint density at radius 3 is 2.85 bits per heavy atom. The van der Waals surface area contributed by atoms with E-state index < -0.39 is 0 Å². The second-order valence-corrected chi connectivity index (χ2v) is 13.1. The summed E-state index contributed by atoms with van der Waals surface area (Å²) in [7, 11) is 4.93. The van der Waals surface area contributed by atoms with Gasteiger partial charge in [-0.1, -0.05) is 34.1 Å². The van der Waals surface area contributed by atoms with E-state index in [1.54, 1.807) is 23.6 Å². The van der Waals surface area contributed by atoms with Gasteiger partial charge in [0.1, 0.15) is 11.8 Å². The van der Waals surface area contributed by atoms with Crippen LogP contribution in [0.1, 0.15) is 92.2 Å². The Balaban J connectivity index is 1.73. The van der Waals surface area contributed by atoms with Gasteiger partial charge in [0, 0.05) is 39.4 Å². The van der Waals surface area contributed by atoms with Gasteiger partial charge >= 0.3 is 0 Å². The number of allylic oxidation sites excluding steroid dienone is 4. The number of fused-ring (bicyclic) bond motifs is 1. The molecule has 41 heavy (non-hydrogen) atoms. The lowest BCUT2D eigenvalue weighted by Gasteiger charge is -2.26. The molecule has 2 aromatic heterocycles. The number of aryl methyl sites for hydroxylation is 2. The predicted molar refractivity (Wildman–Crippen MR) is 174 cm³/mol. The minimum Gasteiger partial charge on any atom is -0.392 e. The monoisotopic (exact) mass is 585 g/mol. The maximum absolute atomic E-state index is 9.95. The molecule has 3 N–H and O–H groups in total. The normalized spacial score (nSPS) is 20.0. The average molecular weight is 586 g/mol. The van der Waals surface area contributed by atoms with E-state index in [1.807, 2.05) is 6.07 Å².